The van der Waals surface area contributed by atoms with E-state index in [2.05, 4.69) is 5.32 Å². The Morgan fingerprint density at radius 1 is 1.58 bits per heavy atom. The van der Waals surface area contributed by atoms with Gasteiger partial charge in [0.05, 0.1) is 12.2 Å². The largest absolute Gasteiger partial charge is 0.478 e. The van der Waals surface area contributed by atoms with Crippen molar-refractivity contribution in [2.24, 2.45) is 0 Å². The van der Waals surface area contributed by atoms with Gasteiger partial charge in [-0.05, 0) is 24.6 Å². The number of hydrogen-bond donors (Lipinski definition) is 2. The fraction of sp³-hybridized carbons (Fsp3) is 0.500. The first-order valence-electron chi connectivity index (χ1n) is 6.27. The Hall–Kier alpha value is -1.59. The molecule has 1 atom stereocenters. The maximum absolute atomic E-state index is 11.2. The number of benzene rings is 1. The summed E-state index contributed by atoms with van der Waals surface area (Å²) in [5.41, 5.74) is 1.55. The molecule has 1 aliphatic heterocycles. The lowest BCUT2D eigenvalue weighted by Gasteiger charge is -2.27. The SMILES string of the molecule is COC1(CNc2cc(C)ccc2C(=O)O)CCOC1. The molecule has 2 N–H and O–H groups in total. The van der Waals surface area contributed by atoms with E-state index in [4.69, 9.17) is 9.47 Å². The molecule has 0 aliphatic carbocycles. The molecule has 1 aromatic rings. The van der Waals surface area contributed by atoms with E-state index in [0.717, 1.165) is 12.0 Å². The summed E-state index contributed by atoms with van der Waals surface area (Å²) in [5.74, 6) is -0.934. The van der Waals surface area contributed by atoms with Crippen LogP contribution in [0.4, 0.5) is 5.69 Å². The van der Waals surface area contributed by atoms with Crippen molar-refractivity contribution in [1.82, 2.24) is 0 Å². The maximum Gasteiger partial charge on any atom is 0.337 e. The van der Waals surface area contributed by atoms with Gasteiger partial charge < -0.3 is 19.9 Å². The first-order valence-corrected chi connectivity index (χ1v) is 6.27. The van der Waals surface area contributed by atoms with E-state index in [-0.39, 0.29) is 11.2 Å². The van der Waals surface area contributed by atoms with E-state index >= 15 is 0 Å². The summed E-state index contributed by atoms with van der Waals surface area (Å²) < 4.78 is 10.9. The van der Waals surface area contributed by atoms with Gasteiger partial charge in [-0.1, -0.05) is 6.07 Å². The molecule has 19 heavy (non-hydrogen) atoms. The van der Waals surface area contributed by atoms with Gasteiger partial charge in [-0.25, -0.2) is 4.79 Å². The molecule has 1 aliphatic rings. The number of hydrogen-bond acceptors (Lipinski definition) is 4. The van der Waals surface area contributed by atoms with E-state index in [1.165, 1.54) is 0 Å². The van der Waals surface area contributed by atoms with E-state index in [1.54, 1.807) is 19.2 Å². The Morgan fingerprint density at radius 2 is 2.37 bits per heavy atom. The molecule has 5 nitrogen and oxygen atoms in total. The summed E-state index contributed by atoms with van der Waals surface area (Å²) in [6.45, 7) is 3.68. The number of rotatable bonds is 5. The maximum atomic E-state index is 11.2. The van der Waals surface area contributed by atoms with Gasteiger partial charge in [-0.15, -0.1) is 0 Å². The molecule has 104 valence electrons. The molecule has 2 rings (SSSR count). The normalized spacial score (nSPS) is 22.4. The number of nitrogens with one attached hydrogen (secondary N) is 1. The zero-order chi connectivity index (χ0) is 13.9. The van der Waals surface area contributed by atoms with Crippen molar-refractivity contribution in [1.29, 1.82) is 0 Å². The van der Waals surface area contributed by atoms with Crippen molar-refractivity contribution in [2.75, 3.05) is 32.2 Å². The highest BCUT2D eigenvalue weighted by Gasteiger charge is 2.34. The van der Waals surface area contributed by atoms with Crippen molar-refractivity contribution in [3.05, 3.63) is 29.3 Å². The molecule has 0 amide bonds. The average Bonchev–Trinajstić information content (AvgIpc) is 2.85. The molecule has 1 fully saturated rings. The predicted octanol–water partition coefficient (Wildman–Crippen LogP) is 1.91. The van der Waals surface area contributed by atoms with Gasteiger partial charge >= 0.3 is 5.97 Å². The van der Waals surface area contributed by atoms with Crippen molar-refractivity contribution >= 4 is 11.7 Å². The first-order chi connectivity index (χ1) is 9.06. The molecule has 1 unspecified atom stereocenters. The standard InChI is InChI=1S/C14H19NO4/c1-10-3-4-11(13(16)17)12(7-10)15-8-14(18-2)5-6-19-9-14/h3-4,7,15H,5-6,8-9H2,1-2H3,(H,16,17). The smallest absolute Gasteiger partial charge is 0.337 e. The van der Waals surface area contributed by atoms with Crippen LogP contribution in [0.25, 0.3) is 0 Å². The molecule has 5 heteroatoms. The van der Waals surface area contributed by atoms with Gasteiger partial charge in [0.1, 0.15) is 5.60 Å². The molecular formula is C14H19NO4. The minimum Gasteiger partial charge on any atom is -0.478 e. The van der Waals surface area contributed by atoms with Gasteiger partial charge in [-0.3, -0.25) is 0 Å². The first kappa shape index (κ1) is 13.8. The third kappa shape index (κ3) is 3.05. The van der Waals surface area contributed by atoms with E-state index in [0.29, 0.717) is 25.4 Å². The lowest BCUT2D eigenvalue weighted by Crippen LogP contribution is -2.39. The van der Waals surface area contributed by atoms with Crippen LogP contribution in [0.5, 0.6) is 0 Å². The van der Waals surface area contributed by atoms with Crippen molar-refractivity contribution in [2.45, 2.75) is 18.9 Å². The van der Waals surface area contributed by atoms with Crippen molar-refractivity contribution in [3.63, 3.8) is 0 Å². The topological polar surface area (TPSA) is 67.8 Å². The quantitative estimate of drug-likeness (QED) is 0.851. The Kier molecular flexibility index (Phi) is 4.07. The van der Waals surface area contributed by atoms with Crippen LogP contribution in [0.2, 0.25) is 0 Å². The Labute approximate surface area is 112 Å². The van der Waals surface area contributed by atoms with Crippen LogP contribution < -0.4 is 5.32 Å². The van der Waals surface area contributed by atoms with Crippen LogP contribution in [0.15, 0.2) is 18.2 Å². The lowest BCUT2D eigenvalue weighted by molar-refractivity contribution is -0.00622. The molecule has 1 aromatic carbocycles. The van der Waals surface area contributed by atoms with Gasteiger partial charge in [-0.2, -0.15) is 0 Å². The molecule has 1 heterocycles. The zero-order valence-electron chi connectivity index (χ0n) is 11.2. The Morgan fingerprint density at radius 3 is 2.95 bits per heavy atom. The minimum absolute atomic E-state index is 0.274. The Bertz CT molecular complexity index is 467. The number of carboxylic acid groups (broad SMARTS) is 1. The van der Waals surface area contributed by atoms with E-state index in [9.17, 15) is 9.90 Å². The van der Waals surface area contributed by atoms with E-state index < -0.39 is 5.97 Å². The van der Waals surface area contributed by atoms with E-state index in [1.807, 2.05) is 13.0 Å². The van der Waals surface area contributed by atoms with Gasteiger partial charge in [0.2, 0.25) is 0 Å². The zero-order valence-corrected chi connectivity index (χ0v) is 11.2. The van der Waals surface area contributed by atoms with Crippen LogP contribution in [0.1, 0.15) is 22.3 Å². The summed E-state index contributed by atoms with van der Waals surface area (Å²) in [6.07, 6.45) is 0.810. The van der Waals surface area contributed by atoms with Gasteiger partial charge in [0.15, 0.2) is 0 Å². The number of carbonyl (C=O) groups is 1. The summed E-state index contributed by atoms with van der Waals surface area (Å²) in [4.78, 5) is 11.2. The van der Waals surface area contributed by atoms with Gasteiger partial charge in [0.25, 0.3) is 0 Å². The number of ether oxygens (including phenoxy) is 2. The molecule has 0 aromatic heterocycles. The predicted molar refractivity (Wildman–Crippen MR) is 71.8 cm³/mol. The summed E-state index contributed by atoms with van der Waals surface area (Å²) >= 11 is 0. The highest BCUT2D eigenvalue weighted by Crippen LogP contribution is 2.25. The second-order valence-corrected chi connectivity index (χ2v) is 4.90. The van der Waals surface area contributed by atoms with Crippen LogP contribution >= 0.6 is 0 Å². The fourth-order valence-electron chi connectivity index (χ4n) is 2.21. The highest BCUT2D eigenvalue weighted by atomic mass is 16.5. The van der Waals surface area contributed by atoms with Crippen LogP contribution in [0, 0.1) is 6.92 Å². The molecule has 0 spiro atoms. The number of aromatic carboxylic acids is 1. The second kappa shape index (κ2) is 5.59. The monoisotopic (exact) mass is 265 g/mol. The Balaban J connectivity index is 2.14. The summed E-state index contributed by atoms with van der Waals surface area (Å²) in [5, 5.41) is 12.4. The van der Waals surface area contributed by atoms with Crippen molar-refractivity contribution in [3.8, 4) is 0 Å². The number of anilines is 1. The number of methoxy groups -OCH3 is 1. The third-order valence-corrected chi connectivity index (χ3v) is 3.51. The third-order valence-electron chi connectivity index (χ3n) is 3.51. The summed E-state index contributed by atoms with van der Waals surface area (Å²) in [7, 11) is 1.66. The van der Waals surface area contributed by atoms with Crippen LogP contribution in [-0.4, -0.2) is 43.5 Å². The van der Waals surface area contributed by atoms with Crippen LogP contribution in [-0.2, 0) is 9.47 Å². The minimum atomic E-state index is -0.934. The summed E-state index contributed by atoms with van der Waals surface area (Å²) in [6, 6.07) is 5.24. The number of carboxylic acids is 1. The number of aryl methyl sites for hydroxylation is 1. The molecule has 0 radical (unpaired) electrons. The van der Waals surface area contributed by atoms with Crippen molar-refractivity contribution < 1.29 is 19.4 Å². The molecule has 1 saturated heterocycles. The average molecular weight is 265 g/mol. The highest BCUT2D eigenvalue weighted by molar-refractivity contribution is 5.94. The van der Waals surface area contributed by atoms with Crippen LogP contribution in [0.3, 0.4) is 0 Å². The van der Waals surface area contributed by atoms with Gasteiger partial charge in [0, 0.05) is 32.4 Å². The fourth-order valence-corrected chi connectivity index (χ4v) is 2.21. The molecular weight excluding hydrogens is 246 g/mol. The molecule has 0 bridgehead atoms. The lowest BCUT2D eigenvalue weighted by atomic mass is 10.0. The molecule has 0 saturated carbocycles. The second-order valence-electron chi connectivity index (χ2n) is 4.90.